The van der Waals surface area contributed by atoms with Crippen LogP contribution in [0.2, 0.25) is 0 Å². The van der Waals surface area contributed by atoms with Gasteiger partial charge in [-0.2, -0.15) is 0 Å². The Morgan fingerprint density at radius 3 is 1.86 bits per heavy atom. The molecule has 0 nitrogen and oxygen atoms in total. The highest BCUT2D eigenvalue weighted by atomic mass is 31.2. The fourth-order valence-corrected chi connectivity index (χ4v) is 9.17. The average Bonchev–Trinajstić information content (AvgIpc) is 2.46. The van der Waals surface area contributed by atoms with Gasteiger partial charge in [0, 0.05) is 12.3 Å². The van der Waals surface area contributed by atoms with E-state index in [1.54, 1.807) is 0 Å². The zero-order valence-electron chi connectivity index (χ0n) is 15.0. The molecule has 22 heavy (non-hydrogen) atoms. The van der Waals surface area contributed by atoms with Crippen molar-refractivity contribution in [3.05, 3.63) is 35.9 Å². The van der Waals surface area contributed by atoms with Crippen LogP contribution >= 0.6 is 7.14 Å². The molecule has 0 aromatic heterocycles. The van der Waals surface area contributed by atoms with E-state index in [-0.39, 0.29) is 0 Å². The van der Waals surface area contributed by atoms with E-state index in [0.717, 1.165) is 23.4 Å². The summed E-state index contributed by atoms with van der Waals surface area (Å²) in [6, 6.07) is 11.1. The van der Waals surface area contributed by atoms with Gasteiger partial charge >= 0.3 is 7.57 Å². The van der Waals surface area contributed by atoms with E-state index in [4.69, 9.17) is 7.57 Å². The number of hydrogen-bond donors (Lipinski definition) is 0. The Hall–Kier alpha value is -0.285. The third-order valence-electron chi connectivity index (χ3n) is 5.11. The van der Waals surface area contributed by atoms with E-state index in [9.17, 15) is 0 Å². The Morgan fingerprint density at radius 1 is 0.909 bits per heavy atom. The van der Waals surface area contributed by atoms with Gasteiger partial charge in [-0.1, -0.05) is 58.0 Å². The smallest absolute Gasteiger partial charge is 0.0622 e. The molecule has 0 N–H and O–H groups in total. The molecule has 2 rings (SSSR count). The lowest BCUT2D eigenvalue weighted by Gasteiger charge is -2.39. The Labute approximate surface area is 140 Å². The van der Waals surface area contributed by atoms with Crippen LogP contribution in [0.1, 0.15) is 64.9 Å². The molecule has 1 aliphatic carbocycles. The topological polar surface area (TPSA) is 0 Å². The van der Waals surface area contributed by atoms with Crippen molar-refractivity contribution in [3.63, 3.8) is 0 Å². The van der Waals surface area contributed by atoms with Crippen LogP contribution in [0.15, 0.2) is 30.3 Å². The van der Waals surface area contributed by atoms with Crippen LogP contribution in [0, 0.1) is 11.8 Å². The zero-order valence-corrected chi connectivity index (χ0v) is 15.9. The van der Waals surface area contributed by atoms with E-state index in [2.05, 4.69) is 58.0 Å². The quantitative estimate of drug-likeness (QED) is 0.438. The maximum atomic E-state index is 7.07. The Bertz CT molecular complexity index is 422. The van der Waals surface area contributed by atoms with Gasteiger partial charge in [0.05, 0.1) is 5.66 Å². The van der Waals surface area contributed by atoms with Gasteiger partial charge in [0.1, 0.15) is 0 Å². The Morgan fingerprint density at radius 2 is 1.41 bits per heavy atom. The van der Waals surface area contributed by atoms with E-state index in [1.807, 2.05) is 0 Å². The molecule has 120 valence electrons. The molecule has 2 heteroatoms. The molecule has 0 spiro atoms. The summed E-state index contributed by atoms with van der Waals surface area (Å²) in [7, 11) is 5.79. The number of rotatable bonds is 6. The molecule has 0 heterocycles. The van der Waals surface area contributed by atoms with Crippen LogP contribution in [0.25, 0.3) is 0 Å². The van der Waals surface area contributed by atoms with Gasteiger partial charge in [-0.05, 0) is 56.1 Å². The highest BCUT2D eigenvalue weighted by molar-refractivity contribution is 7.98. The highest BCUT2D eigenvalue weighted by Gasteiger charge is 2.43. The van der Waals surface area contributed by atoms with E-state index >= 15 is 0 Å². The van der Waals surface area contributed by atoms with Gasteiger partial charge in [-0.3, -0.25) is 0 Å². The normalized spacial score (nSPS) is 23.2. The fraction of sp³-hybridized carbons (Fsp3) is 0.700. The van der Waals surface area contributed by atoms with E-state index in [0.29, 0.717) is 0 Å². The summed E-state index contributed by atoms with van der Waals surface area (Å²) >= 11 is 0. The molecule has 2 radical (unpaired) electrons. The van der Waals surface area contributed by atoms with Gasteiger partial charge < -0.3 is 0 Å². The average molecular weight is 315 g/mol. The summed E-state index contributed by atoms with van der Waals surface area (Å²) < 4.78 is 0. The second-order valence-corrected chi connectivity index (χ2v) is 11.8. The molecule has 0 bridgehead atoms. The van der Waals surface area contributed by atoms with Gasteiger partial charge in [0.25, 0.3) is 0 Å². The maximum Gasteiger partial charge on any atom is 0.365 e. The SMILES string of the molecule is [B][P+](CC(C)C)(CC(C)C)C1CCC(c2ccccc2)CC1. The monoisotopic (exact) mass is 315 g/mol. The molecule has 1 aromatic carbocycles. The lowest BCUT2D eigenvalue weighted by atomic mass is 9.84. The van der Waals surface area contributed by atoms with Crippen LogP contribution in [0.5, 0.6) is 0 Å². The van der Waals surface area contributed by atoms with Crippen molar-refractivity contribution in [1.82, 2.24) is 0 Å². The van der Waals surface area contributed by atoms with Crippen molar-refractivity contribution < 1.29 is 0 Å². The summed E-state index contributed by atoms with van der Waals surface area (Å²) in [5.74, 6) is 2.25. The van der Waals surface area contributed by atoms with Gasteiger partial charge in [-0.15, -0.1) is 0 Å². The molecule has 1 saturated carbocycles. The first-order chi connectivity index (χ1) is 10.4. The van der Waals surface area contributed by atoms with Crippen molar-refractivity contribution in [2.45, 2.75) is 65.0 Å². The lowest BCUT2D eigenvalue weighted by molar-refractivity contribution is 0.446. The van der Waals surface area contributed by atoms with Gasteiger partial charge in [-0.25, -0.2) is 0 Å². The van der Waals surface area contributed by atoms with Crippen molar-refractivity contribution in [2.75, 3.05) is 12.3 Å². The van der Waals surface area contributed by atoms with Crippen LogP contribution in [0.3, 0.4) is 0 Å². The molecule has 0 saturated heterocycles. The first-order valence-corrected chi connectivity index (χ1v) is 11.4. The fourth-order valence-electron chi connectivity index (χ4n) is 4.38. The summed E-state index contributed by atoms with van der Waals surface area (Å²) in [5, 5.41) is 0. The standard InChI is InChI=1S/C20H33BP/c1-16(2)14-22(21,15-17(3)4)20-12-10-19(11-13-20)18-8-6-5-7-9-18/h5-9,16-17,19-20H,10-15H2,1-4H3/q+1. The molecule has 1 fully saturated rings. The summed E-state index contributed by atoms with van der Waals surface area (Å²) in [4.78, 5) is 0. The second-order valence-electron chi connectivity index (χ2n) is 8.17. The van der Waals surface area contributed by atoms with Gasteiger partial charge in [0.15, 0.2) is 0 Å². The zero-order chi connectivity index (χ0) is 16.2. The van der Waals surface area contributed by atoms with Crippen LogP contribution in [-0.4, -0.2) is 25.5 Å². The molecule has 1 aliphatic rings. The minimum atomic E-state index is -1.28. The largest absolute Gasteiger partial charge is 0.365 e. The van der Waals surface area contributed by atoms with Gasteiger partial charge in [0.2, 0.25) is 0 Å². The molecule has 0 amide bonds. The third-order valence-corrected chi connectivity index (χ3v) is 9.90. The predicted molar refractivity (Wildman–Crippen MR) is 104 cm³/mol. The van der Waals surface area contributed by atoms with Crippen molar-refractivity contribution in [2.24, 2.45) is 11.8 Å². The number of benzene rings is 1. The minimum absolute atomic E-state index is 0.740. The summed E-state index contributed by atoms with van der Waals surface area (Å²) in [6.07, 6.45) is 7.94. The predicted octanol–water partition coefficient (Wildman–Crippen LogP) is 6.13. The summed E-state index contributed by atoms with van der Waals surface area (Å²) in [5.41, 5.74) is 2.35. The Balaban J connectivity index is 2.01. The maximum absolute atomic E-state index is 7.07. The molecule has 0 atom stereocenters. The first-order valence-electron chi connectivity index (χ1n) is 9.11. The number of hydrogen-bond acceptors (Lipinski definition) is 0. The van der Waals surface area contributed by atoms with Crippen LogP contribution in [0.4, 0.5) is 0 Å². The molecule has 1 aromatic rings. The molecule has 0 aliphatic heterocycles. The van der Waals surface area contributed by atoms with Crippen molar-refractivity contribution in [1.29, 1.82) is 0 Å². The van der Waals surface area contributed by atoms with Crippen LogP contribution in [-0.2, 0) is 0 Å². The summed E-state index contributed by atoms with van der Waals surface area (Å²) in [6.45, 7) is 9.38. The Kier molecular flexibility index (Phi) is 6.57. The van der Waals surface area contributed by atoms with E-state index in [1.165, 1.54) is 43.6 Å². The lowest BCUT2D eigenvalue weighted by Crippen LogP contribution is -2.27. The van der Waals surface area contributed by atoms with E-state index < -0.39 is 7.14 Å². The molecule has 0 unspecified atom stereocenters. The highest BCUT2D eigenvalue weighted by Crippen LogP contribution is 2.65. The molecular weight excluding hydrogens is 282 g/mol. The second kappa shape index (κ2) is 8.00. The molecular formula is C20H33BP+. The van der Waals surface area contributed by atoms with Crippen molar-refractivity contribution >= 4 is 14.7 Å². The third kappa shape index (κ3) is 4.85. The minimum Gasteiger partial charge on any atom is -0.0622 e. The van der Waals surface area contributed by atoms with Crippen molar-refractivity contribution in [3.8, 4) is 0 Å². The first kappa shape index (κ1) is 18.1. The van der Waals surface area contributed by atoms with Crippen LogP contribution < -0.4 is 0 Å².